The Morgan fingerprint density at radius 2 is 1.65 bits per heavy atom. The highest BCUT2D eigenvalue weighted by Crippen LogP contribution is 2.27. The lowest BCUT2D eigenvalue weighted by molar-refractivity contribution is -0.192. The van der Waals surface area contributed by atoms with Gasteiger partial charge in [0.05, 0.1) is 25.5 Å². The Bertz CT molecular complexity index is 1380. The first kappa shape index (κ1) is 33.6. The number of carboxylic acids is 1. The fraction of sp³-hybridized carbons (Fsp3) is 0.304. The fourth-order valence-electron chi connectivity index (χ4n) is 2.81. The average molecular weight is 592 g/mol. The van der Waals surface area contributed by atoms with E-state index < -0.39 is 40.0 Å². The van der Waals surface area contributed by atoms with Crippen molar-refractivity contribution in [1.29, 1.82) is 0 Å². The van der Waals surface area contributed by atoms with Crippen molar-refractivity contribution in [2.24, 2.45) is 15.9 Å². The van der Waals surface area contributed by atoms with Crippen molar-refractivity contribution in [2.75, 3.05) is 19.5 Å². The van der Waals surface area contributed by atoms with Crippen molar-refractivity contribution in [3.8, 4) is 11.5 Å². The number of carbonyl (C=O) groups is 3. The van der Waals surface area contributed by atoms with Crippen molar-refractivity contribution in [1.82, 2.24) is 5.32 Å². The molecule has 0 fully saturated rings. The molecule has 2 aromatic rings. The van der Waals surface area contributed by atoms with Gasteiger partial charge in [0.15, 0.2) is 17.5 Å². The molecule has 0 aliphatic carbocycles. The number of sulfonamides is 1. The molecule has 2 aromatic carbocycles. The second-order valence-corrected chi connectivity index (χ2v) is 9.48. The third-order valence-electron chi connectivity index (χ3n) is 4.83. The van der Waals surface area contributed by atoms with E-state index in [9.17, 15) is 31.2 Å². The molecular formula is C23H28F3N5O8S. The van der Waals surface area contributed by atoms with Crippen LogP contribution in [0.4, 0.5) is 18.9 Å². The average Bonchev–Trinajstić information content (AvgIpc) is 2.84. The zero-order valence-corrected chi connectivity index (χ0v) is 22.5. The number of rotatable bonds is 8. The quantitative estimate of drug-likeness (QED) is 0.221. The van der Waals surface area contributed by atoms with Crippen molar-refractivity contribution in [3.05, 3.63) is 47.5 Å². The van der Waals surface area contributed by atoms with Gasteiger partial charge in [-0.2, -0.15) is 13.2 Å². The van der Waals surface area contributed by atoms with Gasteiger partial charge >= 0.3 is 12.1 Å². The van der Waals surface area contributed by atoms with E-state index in [1.165, 1.54) is 39.3 Å². The molecule has 2 rings (SSSR count). The summed E-state index contributed by atoms with van der Waals surface area (Å²) in [5.41, 5.74) is 7.33. The second-order valence-electron chi connectivity index (χ2n) is 7.92. The van der Waals surface area contributed by atoms with Crippen LogP contribution in [0.25, 0.3) is 0 Å². The Balaban J connectivity index is 0.00000101. The van der Waals surface area contributed by atoms with Crippen LogP contribution in [0, 0.1) is 6.92 Å². The summed E-state index contributed by atoms with van der Waals surface area (Å²) in [6.07, 6.45) is -5.09. The SMILES string of the molecule is COc1ccc(CC(=O)NC(N)=N[C@H](C)C(=O)Nc2cc(S(N)(=O)=O)ccc2C)cc1OC.O=C(O)C(F)(F)F. The Morgan fingerprint density at radius 3 is 2.15 bits per heavy atom. The molecule has 1 atom stereocenters. The molecule has 0 unspecified atom stereocenters. The summed E-state index contributed by atoms with van der Waals surface area (Å²) in [6.45, 7) is 3.17. The van der Waals surface area contributed by atoms with Gasteiger partial charge < -0.3 is 25.6 Å². The molecule has 0 saturated heterocycles. The largest absolute Gasteiger partial charge is 0.493 e. The van der Waals surface area contributed by atoms with Crippen LogP contribution in [0.1, 0.15) is 18.1 Å². The maximum absolute atomic E-state index is 12.5. The van der Waals surface area contributed by atoms with Gasteiger partial charge in [-0.25, -0.2) is 23.3 Å². The number of aryl methyl sites for hydroxylation is 1. The number of ether oxygens (including phenoxy) is 2. The van der Waals surface area contributed by atoms with E-state index in [1.807, 2.05) is 0 Å². The highest BCUT2D eigenvalue weighted by molar-refractivity contribution is 7.89. The van der Waals surface area contributed by atoms with Crippen LogP contribution in [0.5, 0.6) is 11.5 Å². The van der Waals surface area contributed by atoms with E-state index in [4.69, 9.17) is 30.2 Å². The lowest BCUT2D eigenvalue weighted by Gasteiger charge is -2.13. The number of hydrogen-bond donors (Lipinski definition) is 5. The van der Waals surface area contributed by atoms with E-state index >= 15 is 0 Å². The summed E-state index contributed by atoms with van der Waals surface area (Å²) >= 11 is 0. The number of hydrogen-bond acceptors (Lipinski definition) is 8. The Kier molecular flexibility index (Phi) is 11.9. The van der Waals surface area contributed by atoms with Gasteiger partial charge in [-0.3, -0.25) is 14.9 Å². The molecule has 0 aliphatic rings. The number of methoxy groups -OCH3 is 2. The molecule has 0 radical (unpaired) electrons. The van der Waals surface area contributed by atoms with Crippen LogP contribution < -0.4 is 31.0 Å². The number of alkyl halides is 3. The number of aliphatic imine (C=N–C) groups is 1. The van der Waals surface area contributed by atoms with Gasteiger partial charge in [-0.05, 0) is 49.2 Å². The zero-order chi connectivity index (χ0) is 30.8. The van der Waals surface area contributed by atoms with Crippen LogP contribution >= 0.6 is 0 Å². The number of anilines is 1. The first-order chi connectivity index (χ1) is 18.4. The number of halogens is 3. The minimum atomic E-state index is -5.08. The molecule has 0 aliphatic heterocycles. The third-order valence-corrected chi connectivity index (χ3v) is 5.74. The molecule has 40 heavy (non-hydrogen) atoms. The predicted molar refractivity (Wildman–Crippen MR) is 137 cm³/mol. The summed E-state index contributed by atoms with van der Waals surface area (Å²) in [5, 5.41) is 17.3. The van der Waals surface area contributed by atoms with Crippen LogP contribution in [-0.4, -0.2) is 63.7 Å². The number of primary sulfonamides is 1. The molecule has 17 heteroatoms. The summed E-state index contributed by atoms with van der Waals surface area (Å²) in [5.74, 6) is -2.97. The summed E-state index contributed by atoms with van der Waals surface area (Å²) in [4.78, 5) is 37.5. The molecule has 220 valence electrons. The molecule has 0 bridgehead atoms. The minimum Gasteiger partial charge on any atom is -0.493 e. The van der Waals surface area contributed by atoms with E-state index in [1.54, 1.807) is 25.1 Å². The van der Waals surface area contributed by atoms with Crippen molar-refractivity contribution in [2.45, 2.75) is 37.4 Å². The number of nitrogens with zero attached hydrogens (tertiary/aromatic N) is 1. The standard InChI is InChI=1S/C21H27N5O6S.C2HF3O2/c1-12-5-7-15(33(23,29)30)11-16(12)25-20(28)13(2)24-21(22)26-19(27)10-14-6-8-17(31-3)18(9-14)32-4;3-2(4,5)1(6)7/h5-9,11,13H,10H2,1-4H3,(H,25,28)(H2,23,29,30)(H3,22,24,26,27);(H,6,7)/t13-;/m1./s1. The minimum absolute atomic E-state index is 0.00327. The van der Waals surface area contributed by atoms with Gasteiger partial charge in [0.25, 0.3) is 0 Å². The normalized spacial score (nSPS) is 12.3. The molecule has 0 aromatic heterocycles. The molecule has 7 N–H and O–H groups in total. The number of carbonyl (C=O) groups excluding carboxylic acids is 2. The van der Waals surface area contributed by atoms with E-state index in [0.29, 0.717) is 22.6 Å². The monoisotopic (exact) mass is 591 g/mol. The van der Waals surface area contributed by atoms with Crippen molar-refractivity contribution < 1.29 is 50.6 Å². The maximum Gasteiger partial charge on any atom is 0.490 e. The molecule has 13 nitrogen and oxygen atoms in total. The number of aliphatic carboxylic acids is 1. The Labute approximate surface area is 227 Å². The van der Waals surface area contributed by atoms with Gasteiger partial charge in [0, 0.05) is 5.69 Å². The number of nitrogens with one attached hydrogen (secondary N) is 2. The topological polar surface area (TPSA) is 212 Å². The lowest BCUT2D eigenvalue weighted by atomic mass is 10.1. The Morgan fingerprint density at radius 1 is 1.07 bits per heavy atom. The predicted octanol–water partition coefficient (Wildman–Crippen LogP) is 1.29. The van der Waals surface area contributed by atoms with Crippen LogP contribution in [0.2, 0.25) is 0 Å². The lowest BCUT2D eigenvalue weighted by Crippen LogP contribution is -2.39. The first-order valence-electron chi connectivity index (χ1n) is 11.0. The number of amides is 2. The second kappa shape index (κ2) is 14.1. The van der Waals surface area contributed by atoms with Gasteiger partial charge in [-0.1, -0.05) is 12.1 Å². The van der Waals surface area contributed by atoms with E-state index in [0.717, 1.165) is 0 Å². The summed E-state index contributed by atoms with van der Waals surface area (Å²) < 4.78 is 65.2. The zero-order valence-electron chi connectivity index (χ0n) is 21.7. The molecular weight excluding hydrogens is 563 g/mol. The summed E-state index contributed by atoms with van der Waals surface area (Å²) in [6, 6.07) is 8.21. The smallest absolute Gasteiger partial charge is 0.490 e. The van der Waals surface area contributed by atoms with Gasteiger partial charge in [-0.15, -0.1) is 0 Å². The van der Waals surface area contributed by atoms with Gasteiger partial charge in [0.1, 0.15) is 6.04 Å². The molecule has 2 amide bonds. The highest BCUT2D eigenvalue weighted by atomic mass is 32.2. The maximum atomic E-state index is 12.5. The Hall–Kier alpha value is -4.38. The number of guanidine groups is 1. The number of nitrogens with two attached hydrogens (primary N) is 2. The van der Waals surface area contributed by atoms with Crippen molar-refractivity contribution >= 4 is 39.5 Å². The van der Waals surface area contributed by atoms with Gasteiger partial charge in [0.2, 0.25) is 21.8 Å². The first-order valence-corrected chi connectivity index (χ1v) is 12.5. The highest BCUT2D eigenvalue weighted by Gasteiger charge is 2.38. The summed E-state index contributed by atoms with van der Waals surface area (Å²) in [7, 11) is -0.924. The number of benzene rings is 2. The van der Waals surface area contributed by atoms with Crippen LogP contribution in [-0.2, 0) is 30.8 Å². The van der Waals surface area contributed by atoms with E-state index in [-0.39, 0.29) is 23.0 Å². The fourth-order valence-corrected chi connectivity index (χ4v) is 3.35. The molecule has 0 spiro atoms. The third kappa shape index (κ3) is 10.8. The number of carboxylic acid groups (broad SMARTS) is 1. The molecule has 0 heterocycles. The van der Waals surface area contributed by atoms with Crippen LogP contribution in [0.3, 0.4) is 0 Å². The van der Waals surface area contributed by atoms with Crippen molar-refractivity contribution in [3.63, 3.8) is 0 Å². The molecule has 0 saturated carbocycles. The van der Waals surface area contributed by atoms with E-state index in [2.05, 4.69) is 15.6 Å². The van der Waals surface area contributed by atoms with Crippen LogP contribution in [0.15, 0.2) is 46.3 Å².